The van der Waals surface area contributed by atoms with Gasteiger partial charge in [0, 0.05) is 31.1 Å². The van der Waals surface area contributed by atoms with E-state index >= 15 is 0 Å². The van der Waals surface area contributed by atoms with Gasteiger partial charge in [-0.2, -0.15) is 0 Å². The summed E-state index contributed by atoms with van der Waals surface area (Å²) in [6.45, 7) is 5.98. The van der Waals surface area contributed by atoms with Crippen LogP contribution in [0.5, 0.6) is 5.75 Å². The fourth-order valence-electron chi connectivity index (χ4n) is 3.64. The molecule has 0 aromatic heterocycles. The van der Waals surface area contributed by atoms with Crippen LogP contribution in [0.4, 0.5) is 5.69 Å². The van der Waals surface area contributed by atoms with E-state index in [0.29, 0.717) is 61.3 Å². The molecular formula is C25H31ClN2O3. The fraction of sp³-hybridized carbons (Fsp3) is 0.440. The van der Waals surface area contributed by atoms with Crippen molar-refractivity contribution in [3.63, 3.8) is 0 Å². The fourth-order valence-corrected chi connectivity index (χ4v) is 3.88. The number of benzene rings is 2. The molecule has 0 spiro atoms. The van der Waals surface area contributed by atoms with Crippen LogP contribution in [0.1, 0.15) is 38.7 Å². The number of hydrogen-bond donors (Lipinski definition) is 1. The number of amides is 2. The summed E-state index contributed by atoms with van der Waals surface area (Å²) in [5, 5.41) is 3.44. The largest absolute Gasteiger partial charge is 0.492 e. The van der Waals surface area contributed by atoms with E-state index in [-0.39, 0.29) is 17.7 Å². The summed E-state index contributed by atoms with van der Waals surface area (Å²) in [6.07, 6.45) is 2.60. The Bertz CT molecular complexity index is 878. The monoisotopic (exact) mass is 442 g/mol. The molecule has 6 heteroatoms. The maximum Gasteiger partial charge on any atom is 0.227 e. The van der Waals surface area contributed by atoms with E-state index in [0.717, 1.165) is 6.42 Å². The van der Waals surface area contributed by atoms with Crippen molar-refractivity contribution in [2.24, 2.45) is 11.8 Å². The molecule has 3 rings (SSSR count). The van der Waals surface area contributed by atoms with Crippen molar-refractivity contribution in [1.29, 1.82) is 0 Å². The summed E-state index contributed by atoms with van der Waals surface area (Å²) < 4.78 is 5.67. The second-order valence-electron chi connectivity index (χ2n) is 8.48. The van der Waals surface area contributed by atoms with E-state index in [2.05, 4.69) is 19.2 Å². The molecule has 0 aliphatic carbocycles. The van der Waals surface area contributed by atoms with Crippen LogP contribution in [0.25, 0.3) is 0 Å². The number of aryl methyl sites for hydroxylation is 1. The molecule has 0 bridgehead atoms. The lowest BCUT2D eigenvalue weighted by Gasteiger charge is -2.31. The topological polar surface area (TPSA) is 58.6 Å². The van der Waals surface area contributed by atoms with Crippen LogP contribution in [0.2, 0.25) is 5.02 Å². The summed E-state index contributed by atoms with van der Waals surface area (Å²) in [5.74, 6) is 1.06. The number of carbonyl (C=O) groups is 2. The van der Waals surface area contributed by atoms with Crippen molar-refractivity contribution in [2.45, 2.75) is 39.5 Å². The minimum absolute atomic E-state index is 0.0247. The molecule has 2 amide bonds. The first kappa shape index (κ1) is 23.1. The first-order valence-corrected chi connectivity index (χ1v) is 11.3. The van der Waals surface area contributed by atoms with Crippen molar-refractivity contribution in [1.82, 2.24) is 4.90 Å². The quantitative estimate of drug-likeness (QED) is 0.612. The first-order valence-electron chi connectivity index (χ1n) is 11.0. The standard InChI is InChI=1S/C25H31ClN2O3/c1-18(2)17-31-23-10-9-21(16-22(23)26)27-25(30)20-12-14-28(15-13-20)24(29)11-8-19-6-4-3-5-7-19/h3-7,9-10,16,18,20H,8,11-15,17H2,1-2H3,(H,27,30). The van der Waals surface area contributed by atoms with Gasteiger partial charge in [0.05, 0.1) is 11.6 Å². The molecule has 166 valence electrons. The Balaban J connectivity index is 1.44. The van der Waals surface area contributed by atoms with Gasteiger partial charge < -0.3 is 15.0 Å². The third-order valence-electron chi connectivity index (χ3n) is 5.46. The number of halogens is 1. The second kappa shape index (κ2) is 11.2. The van der Waals surface area contributed by atoms with Crippen molar-refractivity contribution in [3.8, 4) is 5.75 Å². The molecule has 0 radical (unpaired) electrons. The van der Waals surface area contributed by atoms with E-state index in [1.807, 2.05) is 41.3 Å². The number of nitrogens with one attached hydrogen (secondary N) is 1. The Morgan fingerprint density at radius 2 is 1.84 bits per heavy atom. The molecule has 0 atom stereocenters. The predicted molar refractivity (Wildman–Crippen MR) is 124 cm³/mol. The molecule has 1 fully saturated rings. The van der Waals surface area contributed by atoms with Crippen LogP contribution in [-0.2, 0) is 16.0 Å². The van der Waals surface area contributed by atoms with Crippen molar-refractivity contribution in [3.05, 3.63) is 59.1 Å². The minimum Gasteiger partial charge on any atom is -0.492 e. The summed E-state index contributed by atoms with van der Waals surface area (Å²) in [7, 11) is 0. The van der Waals surface area contributed by atoms with Gasteiger partial charge in [-0.05, 0) is 48.9 Å². The van der Waals surface area contributed by atoms with Gasteiger partial charge in [-0.3, -0.25) is 9.59 Å². The maximum absolute atomic E-state index is 12.7. The highest BCUT2D eigenvalue weighted by Gasteiger charge is 2.27. The molecule has 1 aliphatic rings. The summed E-state index contributed by atoms with van der Waals surface area (Å²) >= 11 is 6.29. The minimum atomic E-state index is -0.103. The Labute approximate surface area is 189 Å². The van der Waals surface area contributed by atoms with Gasteiger partial charge >= 0.3 is 0 Å². The Morgan fingerprint density at radius 1 is 1.13 bits per heavy atom. The summed E-state index contributed by atoms with van der Waals surface area (Å²) in [4.78, 5) is 27.1. The maximum atomic E-state index is 12.7. The zero-order valence-corrected chi connectivity index (χ0v) is 19.0. The lowest BCUT2D eigenvalue weighted by atomic mass is 9.95. The highest BCUT2D eigenvalue weighted by atomic mass is 35.5. The van der Waals surface area contributed by atoms with Gasteiger partial charge in [0.15, 0.2) is 0 Å². The molecular weight excluding hydrogens is 412 g/mol. The van der Waals surface area contributed by atoms with E-state index in [1.165, 1.54) is 5.56 Å². The normalized spacial score (nSPS) is 14.5. The highest BCUT2D eigenvalue weighted by molar-refractivity contribution is 6.32. The molecule has 5 nitrogen and oxygen atoms in total. The van der Waals surface area contributed by atoms with Crippen LogP contribution in [0.3, 0.4) is 0 Å². The summed E-state index contributed by atoms with van der Waals surface area (Å²) in [5.41, 5.74) is 1.83. The molecule has 1 aliphatic heterocycles. The van der Waals surface area contributed by atoms with Crippen molar-refractivity contribution >= 4 is 29.1 Å². The number of nitrogens with zero attached hydrogens (tertiary/aromatic N) is 1. The molecule has 1 N–H and O–H groups in total. The molecule has 0 saturated carbocycles. The number of likely N-dealkylation sites (tertiary alicyclic amines) is 1. The number of ether oxygens (including phenoxy) is 1. The second-order valence-corrected chi connectivity index (χ2v) is 8.89. The molecule has 2 aromatic carbocycles. The third kappa shape index (κ3) is 7.00. The van der Waals surface area contributed by atoms with Gasteiger partial charge in [0.25, 0.3) is 0 Å². The Kier molecular flexibility index (Phi) is 8.35. The highest BCUT2D eigenvalue weighted by Crippen LogP contribution is 2.29. The van der Waals surface area contributed by atoms with Gasteiger partial charge in [0.1, 0.15) is 5.75 Å². The number of rotatable bonds is 8. The number of carbonyl (C=O) groups excluding carboxylic acids is 2. The van der Waals surface area contributed by atoms with E-state index in [9.17, 15) is 9.59 Å². The number of anilines is 1. The van der Waals surface area contributed by atoms with Gasteiger partial charge in [-0.1, -0.05) is 55.8 Å². The smallest absolute Gasteiger partial charge is 0.227 e. The van der Waals surface area contributed by atoms with E-state index in [4.69, 9.17) is 16.3 Å². The molecule has 2 aromatic rings. The van der Waals surface area contributed by atoms with Crippen molar-refractivity contribution in [2.75, 3.05) is 25.0 Å². The van der Waals surface area contributed by atoms with Crippen molar-refractivity contribution < 1.29 is 14.3 Å². The molecule has 0 unspecified atom stereocenters. The zero-order chi connectivity index (χ0) is 22.2. The Hall–Kier alpha value is -2.53. The lowest BCUT2D eigenvalue weighted by molar-refractivity contribution is -0.134. The van der Waals surface area contributed by atoms with Crippen LogP contribution in [0.15, 0.2) is 48.5 Å². The van der Waals surface area contributed by atoms with Gasteiger partial charge in [-0.25, -0.2) is 0 Å². The number of hydrogen-bond acceptors (Lipinski definition) is 3. The van der Waals surface area contributed by atoms with Crippen LogP contribution in [0, 0.1) is 11.8 Å². The van der Waals surface area contributed by atoms with Crippen LogP contribution >= 0.6 is 11.6 Å². The SMILES string of the molecule is CC(C)COc1ccc(NC(=O)C2CCN(C(=O)CCc3ccccc3)CC2)cc1Cl. The van der Waals surface area contributed by atoms with Gasteiger partial charge in [0.2, 0.25) is 11.8 Å². The summed E-state index contributed by atoms with van der Waals surface area (Å²) in [6, 6.07) is 15.3. The van der Waals surface area contributed by atoms with Crippen LogP contribution in [-0.4, -0.2) is 36.4 Å². The predicted octanol–water partition coefficient (Wildman–Crippen LogP) is 5.18. The average molecular weight is 443 g/mol. The Morgan fingerprint density at radius 3 is 2.48 bits per heavy atom. The zero-order valence-electron chi connectivity index (χ0n) is 18.3. The molecule has 31 heavy (non-hydrogen) atoms. The lowest BCUT2D eigenvalue weighted by Crippen LogP contribution is -2.41. The molecule has 1 heterocycles. The average Bonchev–Trinajstić information content (AvgIpc) is 2.77. The first-order chi connectivity index (χ1) is 14.9. The van der Waals surface area contributed by atoms with E-state index in [1.54, 1.807) is 12.1 Å². The van der Waals surface area contributed by atoms with E-state index < -0.39 is 0 Å². The van der Waals surface area contributed by atoms with Crippen LogP contribution < -0.4 is 10.1 Å². The van der Waals surface area contributed by atoms with Gasteiger partial charge in [-0.15, -0.1) is 0 Å². The molecule has 1 saturated heterocycles. The third-order valence-corrected chi connectivity index (χ3v) is 5.76. The number of piperidine rings is 1.